The van der Waals surface area contributed by atoms with Gasteiger partial charge in [-0.25, -0.2) is 9.37 Å². The Morgan fingerprint density at radius 1 is 1.41 bits per heavy atom. The molecule has 0 bridgehead atoms. The van der Waals surface area contributed by atoms with Crippen molar-refractivity contribution in [2.75, 3.05) is 0 Å². The second-order valence-corrected chi connectivity index (χ2v) is 6.00. The highest BCUT2D eigenvalue weighted by Gasteiger charge is 2.10. The van der Waals surface area contributed by atoms with Gasteiger partial charge in [-0.05, 0) is 24.6 Å². The highest BCUT2D eigenvalue weighted by molar-refractivity contribution is 7.18. The number of nitriles is 1. The molecule has 0 aliphatic rings. The molecule has 3 aromatic rings. The molecule has 0 saturated heterocycles. The zero-order chi connectivity index (χ0) is 15.7. The van der Waals surface area contributed by atoms with E-state index in [9.17, 15) is 9.18 Å². The average molecular weight is 313 g/mol. The summed E-state index contributed by atoms with van der Waals surface area (Å²) in [4.78, 5) is 18.5. The minimum absolute atomic E-state index is 0.0939. The van der Waals surface area contributed by atoms with Crippen LogP contribution in [0.25, 0.3) is 10.2 Å². The van der Waals surface area contributed by atoms with E-state index in [4.69, 9.17) is 5.26 Å². The molecule has 0 spiro atoms. The molecular formula is C16H12FN3OS. The number of rotatable bonds is 3. The summed E-state index contributed by atoms with van der Waals surface area (Å²) < 4.78 is 15.3. The van der Waals surface area contributed by atoms with Crippen molar-refractivity contribution in [3.05, 3.63) is 62.8 Å². The molecular weight excluding hydrogens is 301 g/mol. The summed E-state index contributed by atoms with van der Waals surface area (Å²) in [6.45, 7) is 2.12. The van der Waals surface area contributed by atoms with E-state index < -0.39 is 5.82 Å². The molecule has 0 amide bonds. The monoisotopic (exact) mass is 313 g/mol. The van der Waals surface area contributed by atoms with Gasteiger partial charge in [0.05, 0.1) is 29.9 Å². The van der Waals surface area contributed by atoms with Gasteiger partial charge in [0.25, 0.3) is 5.56 Å². The van der Waals surface area contributed by atoms with Crippen LogP contribution in [-0.4, -0.2) is 9.55 Å². The molecule has 3 rings (SSSR count). The van der Waals surface area contributed by atoms with Gasteiger partial charge in [0.2, 0.25) is 0 Å². The minimum Gasteiger partial charge on any atom is -0.294 e. The van der Waals surface area contributed by atoms with Gasteiger partial charge in [-0.3, -0.25) is 9.36 Å². The Balaban J connectivity index is 2.02. The summed E-state index contributed by atoms with van der Waals surface area (Å²) in [6.07, 6.45) is 2.29. The van der Waals surface area contributed by atoms with E-state index in [0.29, 0.717) is 15.8 Å². The Labute approximate surface area is 130 Å². The van der Waals surface area contributed by atoms with Crippen LogP contribution in [0.2, 0.25) is 0 Å². The van der Waals surface area contributed by atoms with E-state index in [1.54, 1.807) is 0 Å². The van der Waals surface area contributed by atoms with Gasteiger partial charge in [0.15, 0.2) is 0 Å². The van der Waals surface area contributed by atoms with Gasteiger partial charge >= 0.3 is 0 Å². The fraction of sp³-hybridized carbons (Fsp3) is 0.188. The standard InChI is InChI=1S/C16H12FN3OS/c1-2-12-6-13-15(22-12)19-9-20(16(13)21)8-11-4-3-10(7-18)5-14(11)17/h3-6,9H,2,8H2,1H3. The van der Waals surface area contributed by atoms with Crippen LogP contribution in [0.5, 0.6) is 0 Å². The van der Waals surface area contributed by atoms with Gasteiger partial charge in [0.1, 0.15) is 10.6 Å². The summed E-state index contributed by atoms with van der Waals surface area (Å²) in [5, 5.41) is 9.32. The average Bonchev–Trinajstić information content (AvgIpc) is 2.96. The Bertz CT molecular complexity index is 952. The van der Waals surface area contributed by atoms with Gasteiger partial charge in [-0.2, -0.15) is 5.26 Å². The molecule has 0 aliphatic carbocycles. The van der Waals surface area contributed by atoms with Crippen LogP contribution >= 0.6 is 11.3 Å². The molecule has 0 fully saturated rings. The van der Waals surface area contributed by atoms with Crippen LogP contribution in [0.4, 0.5) is 4.39 Å². The molecule has 0 aliphatic heterocycles. The molecule has 0 N–H and O–H groups in total. The Morgan fingerprint density at radius 3 is 2.91 bits per heavy atom. The Morgan fingerprint density at radius 2 is 2.23 bits per heavy atom. The van der Waals surface area contributed by atoms with Crippen LogP contribution in [0.1, 0.15) is 22.9 Å². The van der Waals surface area contributed by atoms with E-state index in [1.165, 1.54) is 40.4 Å². The number of hydrogen-bond donors (Lipinski definition) is 0. The van der Waals surface area contributed by atoms with E-state index in [0.717, 1.165) is 11.3 Å². The van der Waals surface area contributed by atoms with Crippen LogP contribution in [0, 0.1) is 17.1 Å². The predicted octanol–water partition coefficient (Wildman–Crippen LogP) is 3.08. The number of halogens is 1. The second-order valence-electron chi connectivity index (χ2n) is 4.88. The third kappa shape index (κ3) is 2.51. The maximum Gasteiger partial charge on any atom is 0.262 e. The number of aromatic nitrogens is 2. The van der Waals surface area contributed by atoms with Crippen molar-refractivity contribution in [3.8, 4) is 6.07 Å². The van der Waals surface area contributed by atoms with E-state index in [1.807, 2.05) is 19.1 Å². The summed E-state index contributed by atoms with van der Waals surface area (Å²) in [7, 11) is 0. The molecule has 6 heteroatoms. The summed E-state index contributed by atoms with van der Waals surface area (Å²) in [5.41, 5.74) is 0.436. The van der Waals surface area contributed by atoms with E-state index >= 15 is 0 Å². The van der Waals surface area contributed by atoms with E-state index in [-0.39, 0.29) is 17.7 Å². The number of hydrogen-bond acceptors (Lipinski definition) is 4. The largest absolute Gasteiger partial charge is 0.294 e. The van der Waals surface area contributed by atoms with Crippen molar-refractivity contribution < 1.29 is 4.39 Å². The lowest BCUT2D eigenvalue weighted by atomic mass is 10.1. The Hall–Kier alpha value is -2.52. The fourth-order valence-corrected chi connectivity index (χ4v) is 3.15. The summed E-state index contributed by atoms with van der Waals surface area (Å²) >= 11 is 1.50. The number of benzene rings is 1. The highest BCUT2D eigenvalue weighted by atomic mass is 32.1. The van der Waals surface area contributed by atoms with Crippen molar-refractivity contribution in [1.29, 1.82) is 5.26 Å². The Kier molecular flexibility index (Phi) is 3.73. The van der Waals surface area contributed by atoms with Gasteiger partial charge in [0, 0.05) is 10.4 Å². The summed E-state index contributed by atoms with van der Waals surface area (Å²) in [5.74, 6) is -0.495. The predicted molar refractivity (Wildman–Crippen MR) is 83.5 cm³/mol. The SMILES string of the molecule is CCc1cc2c(=O)n(Cc3ccc(C#N)cc3F)cnc2s1. The van der Waals surface area contributed by atoms with Crippen molar-refractivity contribution in [2.45, 2.75) is 19.9 Å². The van der Waals surface area contributed by atoms with Crippen LogP contribution in [-0.2, 0) is 13.0 Å². The quantitative estimate of drug-likeness (QED) is 0.746. The van der Waals surface area contributed by atoms with Gasteiger partial charge < -0.3 is 0 Å². The van der Waals surface area contributed by atoms with Gasteiger partial charge in [-0.15, -0.1) is 11.3 Å². The van der Waals surface area contributed by atoms with E-state index in [2.05, 4.69) is 4.98 Å². The molecule has 2 aromatic heterocycles. The number of fused-ring (bicyclic) bond motifs is 1. The third-order valence-electron chi connectivity index (χ3n) is 3.44. The van der Waals surface area contributed by atoms with Crippen molar-refractivity contribution in [3.63, 3.8) is 0 Å². The van der Waals surface area contributed by atoms with Gasteiger partial charge in [-0.1, -0.05) is 13.0 Å². The minimum atomic E-state index is -0.495. The zero-order valence-electron chi connectivity index (χ0n) is 11.8. The fourth-order valence-electron chi connectivity index (χ4n) is 2.23. The maximum absolute atomic E-state index is 13.9. The molecule has 4 nitrogen and oxygen atoms in total. The molecule has 110 valence electrons. The van der Waals surface area contributed by atoms with Crippen LogP contribution in [0.3, 0.4) is 0 Å². The molecule has 2 heterocycles. The van der Waals surface area contributed by atoms with Crippen LogP contribution in [0.15, 0.2) is 35.4 Å². The lowest BCUT2D eigenvalue weighted by Gasteiger charge is -2.06. The maximum atomic E-state index is 13.9. The zero-order valence-corrected chi connectivity index (χ0v) is 12.7. The van der Waals surface area contributed by atoms with Crippen LogP contribution < -0.4 is 5.56 Å². The normalized spacial score (nSPS) is 10.8. The first-order chi connectivity index (χ1) is 10.6. The number of aryl methyl sites for hydroxylation is 1. The van der Waals surface area contributed by atoms with Crippen molar-refractivity contribution in [1.82, 2.24) is 9.55 Å². The topological polar surface area (TPSA) is 58.7 Å². The molecule has 0 unspecified atom stereocenters. The van der Waals surface area contributed by atoms with Crippen molar-refractivity contribution >= 4 is 21.6 Å². The lowest BCUT2D eigenvalue weighted by Crippen LogP contribution is -2.21. The lowest BCUT2D eigenvalue weighted by molar-refractivity contribution is 0.595. The highest BCUT2D eigenvalue weighted by Crippen LogP contribution is 2.21. The number of nitrogens with zero attached hydrogens (tertiary/aromatic N) is 3. The third-order valence-corrected chi connectivity index (χ3v) is 4.63. The smallest absolute Gasteiger partial charge is 0.262 e. The molecule has 0 saturated carbocycles. The molecule has 0 radical (unpaired) electrons. The first-order valence-electron chi connectivity index (χ1n) is 6.78. The molecule has 0 atom stereocenters. The first-order valence-corrected chi connectivity index (χ1v) is 7.60. The summed E-state index contributed by atoms with van der Waals surface area (Å²) in [6, 6.07) is 7.97. The number of thiophene rings is 1. The molecule has 1 aromatic carbocycles. The molecule has 22 heavy (non-hydrogen) atoms. The second kappa shape index (κ2) is 5.70. The van der Waals surface area contributed by atoms with Crippen molar-refractivity contribution in [2.24, 2.45) is 0 Å². The first kappa shape index (κ1) is 14.4.